The summed E-state index contributed by atoms with van der Waals surface area (Å²) in [5, 5.41) is 9.59. The molecule has 2 aliphatic rings. The monoisotopic (exact) mass is 424 g/mol. The van der Waals surface area contributed by atoms with Crippen molar-refractivity contribution in [2.24, 2.45) is 5.92 Å². The molecule has 0 spiro atoms. The fraction of sp³-hybridized carbons (Fsp3) is 0.682. The summed E-state index contributed by atoms with van der Waals surface area (Å²) in [5.74, 6) is 0.313. The van der Waals surface area contributed by atoms with Gasteiger partial charge in [-0.25, -0.2) is 4.79 Å². The lowest BCUT2D eigenvalue weighted by molar-refractivity contribution is -0.147. The van der Waals surface area contributed by atoms with Crippen LogP contribution in [0.15, 0.2) is 6.07 Å². The Labute approximate surface area is 178 Å². The molecule has 1 aromatic carbocycles. The van der Waals surface area contributed by atoms with Crippen molar-refractivity contribution >= 4 is 23.3 Å². The Balaban J connectivity index is 1.56. The molecule has 0 amide bonds. The first kappa shape index (κ1) is 22.0. The van der Waals surface area contributed by atoms with E-state index in [0.29, 0.717) is 16.7 Å². The summed E-state index contributed by atoms with van der Waals surface area (Å²) in [4.78, 5) is 13.8. The van der Waals surface area contributed by atoms with Crippen molar-refractivity contribution in [3.8, 4) is 11.5 Å². The molecule has 1 atom stereocenters. The quantitative estimate of drug-likeness (QED) is 0.452. The fourth-order valence-corrected chi connectivity index (χ4v) is 4.44. The number of nitrogens with two attached hydrogens (primary N) is 1. The molecule has 1 fully saturated rings. The largest absolute Gasteiger partial charge is 0.485 e. The highest BCUT2D eigenvalue weighted by Gasteiger charge is 2.32. The van der Waals surface area contributed by atoms with Crippen LogP contribution in [0, 0.1) is 5.92 Å². The number of likely N-dealkylation sites (tertiary alicyclic amines) is 1. The van der Waals surface area contributed by atoms with Crippen LogP contribution in [0.4, 0.5) is 5.69 Å². The van der Waals surface area contributed by atoms with Crippen LogP contribution in [0.25, 0.3) is 0 Å². The van der Waals surface area contributed by atoms with Crippen LogP contribution in [0.1, 0.15) is 57.4 Å². The number of piperidine rings is 1. The molecule has 0 radical (unpaired) electrons. The van der Waals surface area contributed by atoms with Crippen LogP contribution in [-0.4, -0.2) is 48.3 Å². The lowest BCUT2D eigenvalue weighted by Gasteiger charge is -2.33. The summed E-state index contributed by atoms with van der Waals surface area (Å²) in [6.45, 7) is 5.68. The number of carbonyl (C=O) groups is 1. The molecular formula is C22H33ClN2O4. The van der Waals surface area contributed by atoms with E-state index >= 15 is 0 Å². The van der Waals surface area contributed by atoms with Crippen LogP contribution < -0.4 is 15.2 Å². The molecule has 29 heavy (non-hydrogen) atoms. The van der Waals surface area contributed by atoms with E-state index in [0.717, 1.165) is 37.9 Å². The van der Waals surface area contributed by atoms with Crippen molar-refractivity contribution in [2.45, 2.75) is 64.4 Å². The van der Waals surface area contributed by atoms with E-state index in [4.69, 9.17) is 26.8 Å². The zero-order valence-electron chi connectivity index (χ0n) is 17.3. The van der Waals surface area contributed by atoms with Crippen molar-refractivity contribution in [3.05, 3.63) is 16.7 Å². The molecule has 2 aliphatic heterocycles. The molecular weight excluding hydrogens is 392 g/mol. The minimum absolute atomic E-state index is 0.0210. The van der Waals surface area contributed by atoms with Crippen molar-refractivity contribution in [3.63, 3.8) is 0 Å². The number of halogens is 1. The van der Waals surface area contributed by atoms with Gasteiger partial charge in [0.05, 0.1) is 10.7 Å². The number of hydrogen-bond donors (Lipinski definition) is 2. The Kier molecular flexibility index (Phi) is 7.90. The van der Waals surface area contributed by atoms with Crippen molar-refractivity contribution in [1.82, 2.24) is 4.90 Å². The smallest absolute Gasteiger partial charge is 0.348 e. The molecule has 0 bridgehead atoms. The van der Waals surface area contributed by atoms with Gasteiger partial charge in [0.1, 0.15) is 6.61 Å². The molecule has 162 valence electrons. The number of carboxylic acid groups (broad SMARTS) is 1. The van der Waals surface area contributed by atoms with Gasteiger partial charge in [-0.15, -0.1) is 0 Å². The zero-order valence-corrected chi connectivity index (χ0v) is 18.0. The Morgan fingerprint density at radius 3 is 2.66 bits per heavy atom. The normalized spacial score (nSPS) is 20.0. The highest BCUT2D eigenvalue weighted by atomic mass is 35.5. The van der Waals surface area contributed by atoms with E-state index in [-0.39, 0.29) is 18.0 Å². The molecule has 0 aromatic heterocycles. The maximum atomic E-state index is 11.2. The van der Waals surface area contributed by atoms with Gasteiger partial charge in [-0.3, -0.25) is 0 Å². The fourth-order valence-electron chi connectivity index (χ4n) is 4.22. The van der Waals surface area contributed by atoms with Gasteiger partial charge in [0.2, 0.25) is 6.10 Å². The Morgan fingerprint density at radius 2 is 1.97 bits per heavy atom. The topological polar surface area (TPSA) is 85.0 Å². The van der Waals surface area contributed by atoms with Crippen molar-refractivity contribution < 1.29 is 19.4 Å². The number of aliphatic carboxylic acids is 1. The molecule has 6 nitrogen and oxygen atoms in total. The second kappa shape index (κ2) is 10.4. The number of benzene rings is 1. The first-order valence-electron chi connectivity index (χ1n) is 10.8. The summed E-state index contributed by atoms with van der Waals surface area (Å²) in [6.07, 6.45) is 8.67. The van der Waals surface area contributed by atoms with Crippen LogP contribution in [0.3, 0.4) is 0 Å². The number of unbranched alkanes of at least 4 members (excludes halogenated alkanes) is 4. The third-order valence-corrected chi connectivity index (χ3v) is 6.32. The number of anilines is 1. The summed E-state index contributed by atoms with van der Waals surface area (Å²) in [6, 6.07) is 1.85. The molecule has 3 rings (SSSR count). The third-order valence-electron chi connectivity index (χ3n) is 6.01. The van der Waals surface area contributed by atoms with E-state index in [2.05, 4.69) is 11.8 Å². The zero-order chi connectivity index (χ0) is 20.8. The number of carboxylic acids is 1. The maximum absolute atomic E-state index is 11.2. The molecule has 1 saturated heterocycles. The van der Waals surface area contributed by atoms with E-state index in [1.807, 2.05) is 6.07 Å². The summed E-state index contributed by atoms with van der Waals surface area (Å²) >= 11 is 6.30. The van der Waals surface area contributed by atoms with Gasteiger partial charge < -0.3 is 25.2 Å². The van der Waals surface area contributed by atoms with Crippen molar-refractivity contribution in [2.75, 3.05) is 32.0 Å². The van der Waals surface area contributed by atoms with Gasteiger partial charge >= 0.3 is 5.97 Å². The number of nitrogens with zero attached hydrogens (tertiary/aromatic N) is 1. The number of ether oxygens (including phenoxy) is 2. The predicted molar refractivity (Wildman–Crippen MR) is 115 cm³/mol. The van der Waals surface area contributed by atoms with Gasteiger partial charge in [-0.05, 0) is 62.9 Å². The van der Waals surface area contributed by atoms with Crippen molar-refractivity contribution in [1.29, 1.82) is 0 Å². The van der Waals surface area contributed by atoms with E-state index in [1.54, 1.807) is 0 Å². The first-order valence-corrected chi connectivity index (χ1v) is 11.2. The van der Waals surface area contributed by atoms with Gasteiger partial charge in [-0.1, -0.05) is 44.2 Å². The second-order valence-electron chi connectivity index (χ2n) is 8.25. The average molecular weight is 425 g/mol. The van der Waals surface area contributed by atoms with Crippen LogP contribution in [-0.2, 0) is 11.2 Å². The highest BCUT2D eigenvalue weighted by molar-refractivity contribution is 6.33. The average Bonchev–Trinajstić information content (AvgIpc) is 2.72. The standard InChI is InChI=1S/C22H33ClN2O4/c1-2-3-4-5-6-9-25-10-7-15(8-11-25)12-16-13-17(23)19(24)21-20(16)28-14-18(29-21)22(26)27/h13,15,18H,2-12,14,24H2,1H3,(H,26,27). The van der Waals surface area contributed by atoms with Gasteiger partial charge in [-0.2, -0.15) is 0 Å². The lowest BCUT2D eigenvalue weighted by atomic mass is 9.89. The summed E-state index contributed by atoms with van der Waals surface area (Å²) in [5.41, 5.74) is 7.23. The van der Waals surface area contributed by atoms with E-state index < -0.39 is 12.1 Å². The van der Waals surface area contributed by atoms with Crippen LogP contribution in [0.2, 0.25) is 5.02 Å². The van der Waals surface area contributed by atoms with E-state index in [1.165, 1.54) is 38.6 Å². The van der Waals surface area contributed by atoms with Gasteiger partial charge in [0.15, 0.2) is 11.5 Å². The molecule has 2 heterocycles. The van der Waals surface area contributed by atoms with Gasteiger partial charge in [0.25, 0.3) is 0 Å². The molecule has 1 aromatic rings. The van der Waals surface area contributed by atoms with Gasteiger partial charge in [0, 0.05) is 0 Å². The third kappa shape index (κ3) is 5.70. The molecule has 3 N–H and O–H groups in total. The number of nitrogen functional groups attached to an aromatic ring is 1. The minimum Gasteiger partial charge on any atom is -0.485 e. The highest BCUT2D eigenvalue weighted by Crippen LogP contribution is 2.45. The van der Waals surface area contributed by atoms with E-state index in [9.17, 15) is 9.90 Å². The molecule has 0 aliphatic carbocycles. The molecule has 7 heteroatoms. The Bertz CT molecular complexity index is 705. The SMILES string of the molecule is CCCCCCCN1CCC(Cc2cc(Cl)c(N)c3c2OCC(C(=O)O)O3)CC1. The number of hydrogen-bond acceptors (Lipinski definition) is 5. The summed E-state index contributed by atoms with van der Waals surface area (Å²) in [7, 11) is 0. The summed E-state index contributed by atoms with van der Waals surface area (Å²) < 4.78 is 11.3. The van der Waals surface area contributed by atoms with Crippen LogP contribution in [0.5, 0.6) is 11.5 Å². The lowest BCUT2D eigenvalue weighted by Crippen LogP contribution is -2.37. The first-order chi connectivity index (χ1) is 14.0. The second-order valence-corrected chi connectivity index (χ2v) is 8.66. The molecule has 0 saturated carbocycles. The Hall–Kier alpha value is -1.66. The maximum Gasteiger partial charge on any atom is 0.348 e. The number of rotatable bonds is 9. The minimum atomic E-state index is -1.07. The number of fused-ring (bicyclic) bond motifs is 1. The predicted octanol–water partition coefficient (Wildman–Crippen LogP) is 4.37. The molecule has 1 unspecified atom stereocenters. The Morgan fingerprint density at radius 1 is 1.24 bits per heavy atom. The van der Waals surface area contributed by atoms with Crippen LogP contribution >= 0.6 is 11.6 Å².